The molecule has 0 aliphatic carbocycles. The first-order valence-corrected chi connectivity index (χ1v) is 9.52. The number of benzene rings is 1. The highest BCUT2D eigenvalue weighted by molar-refractivity contribution is 8.01. The number of aryl methyl sites for hydroxylation is 1. The van der Waals surface area contributed by atoms with Crippen molar-refractivity contribution >= 4 is 39.8 Å². The van der Waals surface area contributed by atoms with E-state index in [-0.39, 0.29) is 5.91 Å². The van der Waals surface area contributed by atoms with Crippen LogP contribution in [0.25, 0.3) is 0 Å². The molecule has 0 fully saturated rings. The average Bonchev–Trinajstić information content (AvgIpc) is 3.01. The predicted octanol–water partition coefficient (Wildman–Crippen LogP) is 3.81. The van der Waals surface area contributed by atoms with E-state index in [0.29, 0.717) is 12.3 Å². The molecule has 1 aromatic carbocycles. The van der Waals surface area contributed by atoms with Crippen LogP contribution in [0.1, 0.15) is 25.8 Å². The molecule has 124 valence electrons. The molecular weight excluding hydrogens is 328 g/mol. The van der Waals surface area contributed by atoms with E-state index in [1.165, 1.54) is 23.1 Å². The second-order valence-electron chi connectivity index (χ2n) is 5.01. The monoisotopic (exact) mass is 350 g/mol. The van der Waals surface area contributed by atoms with Crippen LogP contribution in [0.5, 0.6) is 0 Å². The zero-order chi connectivity index (χ0) is 16.7. The van der Waals surface area contributed by atoms with Gasteiger partial charge in [0.15, 0.2) is 4.34 Å². The zero-order valence-corrected chi connectivity index (χ0v) is 15.3. The summed E-state index contributed by atoms with van der Waals surface area (Å²) < 4.78 is 0.817. The first-order chi connectivity index (χ1) is 11.2. The topological polar surface area (TPSA) is 58.1 Å². The van der Waals surface area contributed by atoms with Crippen molar-refractivity contribution in [2.24, 2.45) is 0 Å². The number of para-hydroxylation sites is 1. The average molecular weight is 351 g/mol. The van der Waals surface area contributed by atoms with Crippen molar-refractivity contribution in [3.63, 3.8) is 0 Å². The molecule has 5 nitrogen and oxygen atoms in total. The normalized spacial score (nSPS) is 10.6. The Morgan fingerprint density at radius 3 is 2.78 bits per heavy atom. The van der Waals surface area contributed by atoms with E-state index in [1.54, 1.807) is 0 Å². The summed E-state index contributed by atoms with van der Waals surface area (Å²) in [5.74, 6) is 0.454. The van der Waals surface area contributed by atoms with Crippen LogP contribution in [0.3, 0.4) is 0 Å². The Hall–Kier alpha value is -1.60. The Morgan fingerprint density at radius 2 is 2.09 bits per heavy atom. The molecule has 0 bridgehead atoms. The molecule has 0 unspecified atom stereocenters. The summed E-state index contributed by atoms with van der Waals surface area (Å²) >= 11 is 2.93. The number of amides is 1. The van der Waals surface area contributed by atoms with Crippen LogP contribution in [-0.4, -0.2) is 34.9 Å². The smallest absolute Gasteiger partial charge is 0.237 e. The molecule has 0 saturated heterocycles. The molecule has 0 atom stereocenters. The predicted molar refractivity (Wildman–Crippen MR) is 98.6 cm³/mol. The zero-order valence-electron chi connectivity index (χ0n) is 13.7. The van der Waals surface area contributed by atoms with Crippen LogP contribution in [0.2, 0.25) is 0 Å². The van der Waals surface area contributed by atoms with Gasteiger partial charge < -0.3 is 10.2 Å². The van der Waals surface area contributed by atoms with Gasteiger partial charge in [0.05, 0.1) is 5.75 Å². The molecule has 0 saturated carbocycles. The van der Waals surface area contributed by atoms with E-state index in [2.05, 4.69) is 22.4 Å². The number of aromatic nitrogens is 2. The van der Waals surface area contributed by atoms with E-state index >= 15 is 0 Å². The van der Waals surface area contributed by atoms with Crippen molar-refractivity contribution in [2.75, 3.05) is 29.1 Å². The van der Waals surface area contributed by atoms with E-state index in [0.717, 1.165) is 33.7 Å². The lowest BCUT2D eigenvalue weighted by Gasteiger charge is -2.22. The first-order valence-electron chi connectivity index (χ1n) is 7.71. The van der Waals surface area contributed by atoms with Crippen LogP contribution in [-0.2, 0) is 4.79 Å². The fourth-order valence-corrected chi connectivity index (χ4v) is 3.77. The Kier molecular flexibility index (Phi) is 6.85. The Balaban J connectivity index is 1.95. The number of anilines is 2. The summed E-state index contributed by atoms with van der Waals surface area (Å²) in [6, 6.07) is 7.95. The Labute approximate surface area is 145 Å². The molecule has 1 amide bonds. The van der Waals surface area contributed by atoms with Crippen molar-refractivity contribution in [3.8, 4) is 0 Å². The SMILES string of the molecule is CCCNc1nnc(SCC(=O)N(CC)c2ccccc2C)s1. The molecule has 0 spiro atoms. The summed E-state index contributed by atoms with van der Waals surface area (Å²) in [4.78, 5) is 14.3. The van der Waals surface area contributed by atoms with Gasteiger partial charge in [-0.25, -0.2) is 0 Å². The maximum atomic E-state index is 12.5. The van der Waals surface area contributed by atoms with Gasteiger partial charge in [-0.3, -0.25) is 4.79 Å². The molecule has 0 aliphatic heterocycles. The molecule has 23 heavy (non-hydrogen) atoms. The fourth-order valence-electron chi connectivity index (χ4n) is 2.12. The third-order valence-corrected chi connectivity index (χ3v) is 5.27. The van der Waals surface area contributed by atoms with Gasteiger partial charge in [-0.2, -0.15) is 0 Å². The maximum absolute atomic E-state index is 12.5. The van der Waals surface area contributed by atoms with Crippen molar-refractivity contribution < 1.29 is 4.79 Å². The van der Waals surface area contributed by atoms with E-state index in [9.17, 15) is 4.79 Å². The number of nitrogens with one attached hydrogen (secondary N) is 1. The van der Waals surface area contributed by atoms with Crippen molar-refractivity contribution in [3.05, 3.63) is 29.8 Å². The summed E-state index contributed by atoms with van der Waals surface area (Å²) in [7, 11) is 0. The summed E-state index contributed by atoms with van der Waals surface area (Å²) in [5, 5.41) is 12.2. The summed E-state index contributed by atoms with van der Waals surface area (Å²) in [5.41, 5.74) is 2.08. The molecule has 0 radical (unpaired) electrons. The maximum Gasteiger partial charge on any atom is 0.237 e. The molecule has 2 rings (SSSR count). The number of carbonyl (C=O) groups excluding carboxylic acids is 1. The van der Waals surface area contributed by atoms with Gasteiger partial charge in [0.2, 0.25) is 11.0 Å². The minimum atomic E-state index is 0.0880. The highest BCUT2D eigenvalue weighted by Gasteiger charge is 2.16. The van der Waals surface area contributed by atoms with Crippen LogP contribution in [0.4, 0.5) is 10.8 Å². The second-order valence-corrected chi connectivity index (χ2v) is 7.21. The third kappa shape index (κ3) is 4.94. The Bertz CT molecular complexity index is 645. The van der Waals surface area contributed by atoms with Gasteiger partial charge >= 0.3 is 0 Å². The van der Waals surface area contributed by atoms with E-state index in [1.807, 2.05) is 43.0 Å². The number of nitrogens with zero attached hydrogens (tertiary/aromatic N) is 3. The molecule has 2 aromatic rings. The van der Waals surface area contributed by atoms with Crippen LogP contribution >= 0.6 is 23.1 Å². The van der Waals surface area contributed by atoms with Crippen LogP contribution < -0.4 is 10.2 Å². The number of carbonyl (C=O) groups is 1. The van der Waals surface area contributed by atoms with Crippen molar-refractivity contribution in [2.45, 2.75) is 31.5 Å². The van der Waals surface area contributed by atoms with E-state index < -0.39 is 0 Å². The van der Waals surface area contributed by atoms with Crippen molar-refractivity contribution in [1.82, 2.24) is 10.2 Å². The number of thioether (sulfide) groups is 1. The Morgan fingerprint density at radius 1 is 1.30 bits per heavy atom. The number of hydrogen-bond donors (Lipinski definition) is 1. The molecule has 0 aliphatic rings. The number of rotatable bonds is 8. The van der Waals surface area contributed by atoms with Gasteiger partial charge in [0.25, 0.3) is 0 Å². The molecule has 1 aromatic heterocycles. The van der Waals surface area contributed by atoms with Crippen LogP contribution in [0, 0.1) is 6.92 Å². The molecule has 1 heterocycles. The fraction of sp³-hybridized carbons (Fsp3) is 0.438. The lowest BCUT2D eigenvalue weighted by atomic mass is 10.2. The third-order valence-electron chi connectivity index (χ3n) is 3.28. The van der Waals surface area contributed by atoms with Gasteiger partial charge in [0.1, 0.15) is 0 Å². The van der Waals surface area contributed by atoms with Gasteiger partial charge in [-0.1, -0.05) is 48.2 Å². The molecular formula is C16H22N4OS2. The minimum Gasteiger partial charge on any atom is -0.360 e. The standard InChI is InChI=1S/C16H22N4OS2/c1-4-10-17-15-18-19-16(23-15)22-11-14(21)20(5-2)13-9-7-6-8-12(13)3/h6-9H,4-5,10-11H2,1-3H3,(H,17,18). The second kappa shape index (κ2) is 8.88. The lowest BCUT2D eigenvalue weighted by molar-refractivity contribution is -0.116. The minimum absolute atomic E-state index is 0.0880. The van der Waals surface area contributed by atoms with Gasteiger partial charge in [-0.05, 0) is 31.9 Å². The highest BCUT2D eigenvalue weighted by atomic mass is 32.2. The quantitative estimate of drug-likeness (QED) is 0.734. The largest absolute Gasteiger partial charge is 0.360 e. The van der Waals surface area contributed by atoms with E-state index in [4.69, 9.17) is 0 Å². The lowest BCUT2D eigenvalue weighted by Crippen LogP contribution is -2.32. The summed E-state index contributed by atoms with van der Waals surface area (Å²) in [6.45, 7) is 7.66. The van der Waals surface area contributed by atoms with Crippen molar-refractivity contribution in [1.29, 1.82) is 0 Å². The van der Waals surface area contributed by atoms with Gasteiger partial charge in [-0.15, -0.1) is 10.2 Å². The first kappa shape index (κ1) is 17.7. The summed E-state index contributed by atoms with van der Waals surface area (Å²) in [6.07, 6.45) is 1.04. The highest BCUT2D eigenvalue weighted by Crippen LogP contribution is 2.27. The number of hydrogen-bond acceptors (Lipinski definition) is 6. The molecule has 7 heteroatoms. The molecule has 1 N–H and O–H groups in total. The van der Waals surface area contributed by atoms with Gasteiger partial charge in [0, 0.05) is 18.8 Å². The van der Waals surface area contributed by atoms with Crippen LogP contribution in [0.15, 0.2) is 28.6 Å².